The number of hydrogen-bond donors (Lipinski definition) is 2. The maximum absolute atomic E-state index is 12.6. The third-order valence-corrected chi connectivity index (χ3v) is 4.22. The highest BCUT2D eigenvalue weighted by Gasteiger charge is 2.34. The summed E-state index contributed by atoms with van der Waals surface area (Å²) in [5.74, 6) is -0.0147. The number of nitrogens with zero attached hydrogens (tertiary/aromatic N) is 3. The smallest absolute Gasteiger partial charge is 0.391 e. The highest BCUT2D eigenvalue weighted by molar-refractivity contribution is 6.30. The highest BCUT2D eigenvalue weighted by atomic mass is 35.5. The van der Waals surface area contributed by atoms with Crippen LogP contribution in [-0.4, -0.2) is 34.3 Å². The molecule has 1 aromatic carbocycles. The number of aromatic nitrogens is 2. The van der Waals surface area contributed by atoms with Crippen molar-refractivity contribution in [3.63, 3.8) is 0 Å². The van der Waals surface area contributed by atoms with Gasteiger partial charge in [0.05, 0.1) is 6.10 Å². The molecular formula is C16H16ClF3N4O. The van der Waals surface area contributed by atoms with Crippen LogP contribution in [0.2, 0.25) is 5.15 Å². The zero-order chi connectivity index (χ0) is 18.0. The summed E-state index contributed by atoms with van der Waals surface area (Å²) in [6.07, 6.45) is -2.52. The van der Waals surface area contributed by atoms with Gasteiger partial charge in [-0.1, -0.05) is 11.6 Å². The first kappa shape index (κ1) is 17.8. The number of benzene rings is 1. The van der Waals surface area contributed by atoms with Gasteiger partial charge in [-0.25, -0.2) is 9.97 Å². The molecule has 25 heavy (non-hydrogen) atoms. The molecule has 134 valence electrons. The number of β-amino-alcohol motifs (C(OH)–C–C–N with tert-alkyl or cyclic N) is 1. The summed E-state index contributed by atoms with van der Waals surface area (Å²) in [6, 6.07) is 7.27. The fourth-order valence-corrected chi connectivity index (χ4v) is 2.92. The van der Waals surface area contributed by atoms with E-state index in [4.69, 9.17) is 11.6 Å². The van der Waals surface area contributed by atoms with Crippen LogP contribution in [0.25, 0.3) is 0 Å². The molecule has 2 aromatic rings. The predicted molar refractivity (Wildman–Crippen MR) is 89.2 cm³/mol. The Morgan fingerprint density at radius 2 is 1.96 bits per heavy atom. The van der Waals surface area contributed by atoms with E-state index < -0.39 is 16.9 Å². The van der Waals surface area contributed by atoms with Crippen LogP contribution in [0, 0.1) is 0 Å². The van der Waals surface area contributed by atoms with E-state index in [1.807, 2.05) is 12.1 Å². The molecule has 1 fully saturated rings. The van der Waals surface area contributed by atoms with Crippen molar-refractivity contribution in [2.45, 2.75) is 25.1 Å². The molecule has 1 saturated heterocycles. The zero-order valence-corrected chi connectivity index (χ0v) is 13.8. The number of piperidine rings is 1. The molecular weight excluding hydrogens is 357 g/mol. The fourth-order valence-electron chi connectivity index (χ4n) is 2.69. The molecule has 1 unspecified atom stereocenters. The van der Waals surface area contributed by atoms with Crippen molar-refractivity contribution in [2.75, 3.05) is 23.3 Å². The number of rotatable bonds is 3. The van der Waals surface area contributed by atoms with E-state index in [9.17, 15) is 18.3 Å². The van der Waals surface area contributed by atoms with Crippen LogP contribution in [0.3, 0.4) is 0 Å². The van der Waals surface area contributed by atoms with Gasteiger partial charge in [0.25, 0.3) is 0 Å². The number of aliphatic hydroxyl groups excluding tert-OH is 1. The standard InChI is InChI=1S/C16H16ClF3N4O/c17-14-13(16(18,19)20)8-21-15(23-14)22-10-3-5-11(6-4-10)24-7-1-2-12(25)9-24/h3-6,8,12,25H,1-2,7,9H2,(H,21,22,23). The minimum atomic E-state index is -4.59. The maximum atomic E-state index is 12.6. The summed E-state index contributed by atoms with van der Waals surface area (Å²) < 4.78 is 37.9. The van der Waals surface area contributed by atoms with Gasteiger partial charge < -0.3 is 15.3 Å². The molecule has 0 bridgehead atoms. The average Bonchev–Trinajstić information content (AvgIpc) is 2.54. The lowest BCUT2D eigenvalue weighted by Crippen LogP contribution is -2.38. The maximum Gasteiger partial charge on any atom is 0.420 e. The molecule has 0 radical (unpaired) electrons. The summed E-state index contributed by atoms with van der Waals surface area (Å²) >= 11 is 5.58. The Morgan fingerprint density at radius 1 is 1.24 bits per heavy atom. The lowest BCUT2D eigenvalue weighted by Gasteiger charge is -2.32. The van der Waals surface area contributed by atoms with E-state index in [0.717, 1.165) is 25.1 Å². The molecule has 9 heteroatoms. The van der Waals surface area contributed by atoms with E-state index in [-0.39, 0.29) is 12.1 Å². The van der Waals surface area contributed by atoms with Crippen LogP contribution in [0.15, 0.2) is 30.5 Å². The van der Waals surface area contributed by atoms with Crippen molar-refractivity contribution in [3.05, 3.63) is 41.2 Å². The Hall–Kier alpha value is -2.06. The third-order valence-electron chi connectivity index (χ3n) is 3.93. The van der Waals surface area contributed by atoms with Crippen molar-refractivity contribution >= 4 is 28.9 Å². The number of aliphatic hydroxyl groups is 1. The van der Waals surface area contributed by atoms with E-state index in [2.05, 4.69) is 20.2 Å². The van der Waals surface area contributed by atoms with Crippen molar-refractivity contribution in [1.29, 1.82) is 0 Å². The van der Waals surface area contributed by atoms with E-state index >= 15 is 0 Å². The summed E-state index contributed by atoms with van der Waals surface area (Å²) in [4.78, 5) is 9.38. The Morgan fingerprint density at radius 3 is 2.56 bits per heavy atom. The highest BCUT2D eigenvalue weighted by Crippen LogP contribution is 2.33. The molecule has 1 aromatic heterocycles. The minimum absolute atomic E-state index is 0.0147. The predicted octanol–water partition coefficient (Wildman–Crippen LogP) is 3.85. The lowest BCUT2D eigenvalue weighted by atomic mass is 10.1. The molecule has 0 amide bonds. The summed E-state index contributed by atoms with van der Waals surface area (Å²) in [5, 5.41) is 11.9. The molecule has 5 nitrogen and oxygen atoms in total. The number of halogens is 4. The Balaban J connectivity index is 1.70. The van der Waals surface area contributed by atoms with Crippen LogP contribution < -0.4 is 10.2 Å². The second-order valence-electron chi connectivity index (χ2n) is 5.81. The second-order valence-corrected chi connectivity index (χ2v) is 6.17. The van der Waals surface area contributed by atoms with Gasteiger partial charge in [-0.15, -0.1) is 0 Å². The van der Waals surface area contributed by atoms with Gasteiger partial charge in [-0.2, -0.15) is 13.2 Å². The number of hydrogen-bond acceptors (Lipinski definition) is 5. The van der Waals surface area contributed by atoms with Gasteiger partial charge in [0, 0.05) is 30.7 Å². The Bertz CT molecular complexity index is 739. The second kappa shape index (κ2) is 7.05. The van der Waals surface area contributed by atoms with Crippen molar-refractivity contribution in [2.24, 2.45) is 0 Å². The van der Waals surface area contributed by atoms with Gasteiger partial charge in [-0.3, -0.25) is 0 Å². The first-order chi connectivity index (χ1) is 11.8. The first-order valence-electron chi connectivity index (χ1n) is 7.73. The van der Waals surface area contributed by atoms with Gasteiger partial charge in [-0.05, 0) is 37.1 Å². The number of anilines is 3. The topological polar surface area (TPSA) is 61.3 Å². The molecule has 2 heterocycles. The minimum Gasteiger partial charge on any atom is -0.391 e. The summed E-state index contributed by atoms with van der Waals surface area (Å²) in [7, 11) is 0. The van der Waals surface area contributed by atoms with Crippen LogP contribution >= 0.6 is 11.6 Å². The van der Waals surface area contributed by atoms with Gasteiger partial charge >= 0.3 is 6.18 Å². The van der Waals surface area contributed by atoms with Crippen LogP contribution in [0.4, 0.5) is 30.5 Å². The van der Waals surface area contributed by atoms with Crippen molar-refractivity contribution in [1.82, 2.24) is 9.97 Å². The molecule has 0 saturated carbocycles. The third kappa shape index (κ3) is 4.32. The monoisotopic (exact) mass is 372 g/mol. The SMILES string of the molecule is OC1CCCN(c2ccc(Nc3ncc(C(F)(F)F)c(Cl)n3)cc2)C1. The number of nitrogens with one attached hydrogen (secondary N) is 1. The first-order valence-corrected chi connectivity index (χ1v) is 8.10. The molecule has 2 N–H and O–H groups in total. The average molecular weight is 373 g/mol. The Kier molecular flexibility index (Phi) is 5.01. The van der Waals surface area contributed by atoms with Crippen LogP contribution in [-0.2, 0) is 6.18 Å². The zero-order valence-electron chi connectivity index (χ0n) is 13.1. The quantitative estimate of drug-likeness (QED) is 0.801. The van der Waals surface area contributed by atoms with Gasteiger partial charge in [0.2, 0.25) is 5.95 Å². The molecule has 3 rings (SSSR count). The normalized spacial score (nSPS) is 18.3. The molecule has 0 aliphatic carbocycles. The molecule has 0 spiro atoms. The summed E-state index contributed by atoms with van der Waals surface area (Å²) in [5.41, 5.74) is 0.520. The van der Waals surface area contributed by atoms with Crippen molar-refractivity contribution in [3.8, 4) is 0 Å². The molecule has 1 aliphatic heterocycles. The summed E-state index contributed by atoms with van der Waals surface area (Å²) in [6.45, 7) is 1.46. The Labute approximate surface area is 147 Å². The fraction of sp³-hybridized carbons (Fsp3) is 0.375. The lowest BCUT2D eigenvalue weighted by molar-refractivity contribution is -0.137. The van der Waals surface area contributed by atoms with Crippen LogP contribution in [0.5, 0.6) is 0 Å². The van der Waals surface area contributed by atoms with E-state index in [0.29, 0.717) is 18.4 Å². The van der Waals surface area contributed by atoms with Crippen LogP contribution in [0.1, 0.15) is 18.4 Å². The van der Waals surface area contributed by atoms with E-state index in [1.165, 1.54) is 0 Å². The number of alkyl halides is 3. The molecule has 1 aliphatic rings. The van der Waals surface area contributed by atoms with Crippen molar-refractivity contribution < 1.29 is 18.3 Å². The van der Waals surface area contributed by atoms with E-state index in [1.54, 1.807) is 12.1 Å². The van der Waals surface area contributed by atoms with Gasteiger partial charge in [0.1, 0.15) is 10.7 Å². The largest absolute Gasteiger partial charge is 0.420 e. The molecule has 1 atom stereocenters. The van der Waals surface area contributed by atoms with Gasteiger partial charge in [0.15, 0.2) is 0 Å².